The molecule has 0 unspecified atom stereocenters. The number of methoxy groups -OCH3 is 1. The molecule has 1 N–H and O–H groups in total. The Balaban J connectivity index is 2.01. The quantitative estimate of drug-likeness (QED) is 0.775. The van der Waals surface area contributed by atoms with Crippen molar-refractivity contribution in [2.24, 2.45) is 0 Å². The Morgan fingerprint density at radius 1 is 1.12 bits per heavy atom. The van der Waals surface area contributed by atoms with Gasteiger partial charge in [0.25, 0.3) is 0 Å². The van der Waals surface area contributed by atoms with Crippen LogP contribution >= 0.6 is 0 Å². The Kier molecular flexibility index (Phi) is 6.97. The van der Waals surface area contributed by atoms with E-state index >= 15 is 0 Å². The van der Waals surface area contributed by atoms with Gasteiger partial charge in [0, 0.05) is 24.4 Å². The maximum Gasteiger partial charge on any atom is 0.247 e. The Morgan fingerprint density at radius 3 is 2.50 bits per heavy atom. The molecule has 5 nitrogen and oxygen atoms in total. The third kappa shape index (κ3) is 5.48. The lowest BCUT2D eigenvalue weighted by atomic mass is 10.1. The average molecular weight is 352 g/mol. The first-order valence-corrected chi connectivity index (χ1v) is 8.50. The van der Waals surface area contributed by atoms with Crippen molar-refractivity contribution in [2.75, 3.05) is 25.5 Å². The van der Waals surface area contributed by atoms with Crippen molar-refractivity contribution in [2.45, 2.75) is 13.8 Å². The topological polar surface area (TPSA) is 58.6 Å². The molecule has 0 aliphatic heterocycles. The molecule has 0 saturated heterocycles. The smallest absolute Gasteiger partial charge is 0.247 e. The van der Waals surface area contributed by atoms with Gasteiger partial charge in [-0.25, -0.2) is 0 Å². The van der Waals surface area contributed by atoms with Crippen LogP contribution in [0.4, 0.5) is 5.69 Å². The molecule has 0 atom stereocenters. The van der Waals surface area contributed by atoms with E-state index in [4.69, 9.17) is 4.74 Å². The highest BCUT2D eigenvalue weighted by Crippen LogP contribution is 2.17. The van der Waals surface area contributed by atoms with Crippen molar-refractivity contribution in [1.29, 1.82) is 0 Å². The minimum absolute atomic E-state index is 0.00882. The van der Waals surface area contributed by atoms with Crippen LogP contribution in [-0.2, 0) is 9.59 Å². The molecule has 0 aliphatic rings. The predicted octanol–water partition coefficient (Wildman–Crippen LogP) is 3.59. The minimum Gasteiger partial charge on any atom is -0.497 e. The van der Waals surface area contributed by atoms with Crippen molar-refractivity contribution in [3.8, 4) is 5.75 Å². The van der Waals surface area contributed by atoms with Gasteiger partial charge in [0.05, 0.1) is 7.11 Å². The number of carbonyl (C=O) groups excluding carboxylic acids is 2. The van der Waals surface area contributed by atoms with Crippen LogP contribution in [0, 0.1) is 0 Å². The van der Waals surface area contributed by atoms with Gasteiger partial charge in [0.2, 0.25) is 11.8 Å². The molecule has 2 aromatic rings. The summed E-state index contributed by atoms with van der Waals surface area (Å²) in [4.78, 5) is 26.3. The van der Waals surface area contributed by atoms with Crippen LogP contribution in [0.15, 0.2) is 60.7 Å². The first kappa shape index (κ1) is 19.2. The number of carbonyl (C=O) groups is 2. The molecule has 0 bridgehead atoms. The number of amides is 2. The lowest BCUT2D eigenvalue weighted by Gasteiger charge is -2.19. The highest BCUT2D eigenvalue weighted by Gasteiger charge is 2.14. The summed E-state index contributed by atoms with van der Waals surface area (Å²) >= 11 is 0. The first-order chi connectivity index (χ1) is 12.5. The average Bonchev–Trinajstić information content (AvgIpc) is 2.66. The van der Waals surface area contributed by atoms with E-state index in [2.05, 4.69) is 5.32 Å². The summed E-state index contributed by atoms with van der Waals surface area (Å²) in [6.07, 6.45) is 1.57. The number of nitrogens with one attached hydrogen (secondary N) is 1. The second-order valence-corrected chi connectivity index (χ2v) is 5.83. The van der Waals surface area contributed by atoms with Gasteiger partial charge >= 0.3 is 0 Å². The molecule has 0 saturated carbocycles. The molecule has 26 heavy (non-hydrogen) atoms. The summed E-state index contributed by atoms with van der Waals surface area (Å²) in [7, 11) is 1.57. The SMILES string of the molecule is CCN(CC(=O)Nc1cccc(OC)c1)C(=O)C=C(C)c1ccccc1. The number of hydrogen-bond acceptors (Lipinski definition) is 3. The zero-order valence-electron chi connectivity index (χ0n) is 15.4. The van der Waals surface area contributed by atoms with Crippen molar-refractivity contribution in [3.63, 3.8) is 0 Å². The zero-order valence-corrected chi connectivity index (χ0v) is 15.4. The summed E-state index contributed by atoms with van der Waals surface area (Å²) in [6, 6.07) is 16.8. The van der Waals surface area contributed by atoms with Crippen LogP contribution in [0.2, 0.25) is 0 Å². The number of benzene rings is 2. The lowest BCUT2D eigenvalue weighted by Crippen LogP contribution is -2.37. The van der Waals surface area contributed by atoms with Gasteiger partial charge in [-0.1, -0.05) is 36.4 Å². The monoisotopic (exact) mass is 352 g/mol. The Morgan fingerprint density at radius 2 is 1.85 bits per heavy atom. The number of ether oxygens (including phenoxy) is 1. The predicted molar refractivity (Wildman–Crippen MR) is 104 cm³/mol. The van der Waals surface area contributed by atoms with E-state index in [1.165, 1.54) is 4.90 Å². The molecule has 136 valence electrons. The summed E-state index contributed by atoms with van der Waals surface area (Å²) in [5.41, 5.74) is 2.48. The van der Waals surface area contributed by atoms with E-state index in [0.717, 1.165) is 11.1 Å². The molecule has 0 fully saturated rings. The Hall–Kier alpha value is -3.08. The summed E-state index contributed by atoms with van der Waals surface area (Å²) in [5.74, 6) is 0.224. The summed E-state index contributed by atoms with van der Waals surface area (Å²) < 4.78 is 5.14. The van der Waals surface area contributed by atoms with Gasteiger partial charge in [-0.15, -0.1) is 0 Å². The number of likely N-dealkylation sites (N-methyl/N-ethyl adjacent to an activating group) is 1. The van der Waals surface area contributed by atoms with Gasteiger partial charge in [0.1, 0.15) is 12.3 Å². The van der Waals surface area contributed by atoms with Gasteiger partial charge in [-0.2, -0.15) is 0 Å². The molecule has 2 aromatic carbocycles. The number of rotatable bonds is 7. The van der Waals surface area contributed by atoms with Gasteiger partial charge < -0.3 is 15.0 Å². The second-order valence-electron chi connectivity index (χ2n) is 5.83. The van der Waals surface area contributed by atoms with Crippen LogP contribution in [0.1, 0.15) is 19.4 Å². The molecule has 0 spiro atoms. The van der Waals surface area contributed by atoms with Crippen LogP contribution in [-0.4, -0.2) is 36.9 Å². The van der Waals surface area contributed by atoms with Crippen molar-refractivity contribution in [1.82, 2.24) is 4.90 Å². The van der Waals surface area contributed by atoms with Crippen molar-refractivity contribution in [3.05, 3.63) is 66.2 Å². The zero-order chi connectivity index (χ0) is 18.9. The Labute approximate surface area is 154 Å². The van der Waals surface area contributed by atoms with E-state index in [1.807, 2.05) is 44.2 Å². The largest absolute Gasteiger partial charge is 0.497 e. The fourth-order valence-electron chi connectivity index (χ4n) is 2.48. The molecule has 0 radical (unpaired) electrons. The van der Waals surface area contributed by atoms with Crippen molar-refractivity contribution >= 4 is 23.1 Å². The molecule has 0 aromatic heterocycles. The fraction of sp³-hybridized carbons (Fsp3) is 0.238. The van der Waals surface area contributed by atoms with E-state index in [-0.39, 0.29) is 18.4 Å². The molecule has 5 heteroatoms. The van der Waals surface area contributed by atoms with Crippen LogP contribution < -0.4 is 10.1 Å². The molecule has 2 rings (SSSR count). The van der Waals surface area contributed by atoms with E-state index in [0.29, 0.717) is 18.0 Å². The third-order valence-electron chi connectivity index (χ3n) is 3.95. The van der Waals surface area contributed by atoms with Crippen LogP contribution in [0.5, 0.6) is 5.75 Å². The van der Waals surface area contributed by atoms with Gasteiger partial charge in [-0.3, -0.25) is 9.59 Å². The highest BCUT2D eigenvalue weighted by atomic mass is 16.5. The maximum absolute atomic E-state index is 12.5. The fourth-order valence-corrected chi connectivity index (χ4v) is 2.48. The molecule has 0 heterocycles. The number of nitrogens with zero attached hydrogens (tertiary/aromatic N) is 1. The van der Waals surface area contributed by atoms with E-state index < -0.39 is 0 Å². The normalized spacial score (nSPS) is 11.0. The second kappa shape index (κ2) is 9.42. The molecular weight excluding hydrogens is 328 g/mol. The van der Waals surface area contributed by atoms with E-state index in [9.17, 15) is 9.59 Å². The molecule has 0 aliphatic carbocycles. The number of hydrogen-bond donors (Lipinski definition) is 1. The van der Waals surface area contributed by atoms with Gasteiger partial charge in [0.15, 0.2) is 0 Å². The van der Waals surface area contributed by atoms with Crippen LogP contribution in [0.25, 0.3) is 5.57 Å². The highest BCUT2D eigenvalue weighted by molar-refractivity contribution is 5.99. The maximum atomic E-state index is 12.5. The first-order valence-electron chi connectivity index (χ1n) is 8.50. The Bertz CT molecular complexity index is 785. The molecule has 2 amide bonds. The number of anilines is 1. The lowest BCUT2D eigenvalue weighted by molar-refractivity contribution is -0.130. The van der Waals surface area contributed by atoms with E-state index in [1.54, 1.807) is 37.5 Å². The summed E-state index contributed by atoms with van der Waals surface area (Å²) in [5, 5.41) is 2.79. The standard InChI is InChI=1S/C21H24N2O3/c1-4-23(21(25)13-16(2)17-9-6-5-7-10-17)15-20(24)22-18-11-8-12-19(14-18)26-3/h5-14H,4,15H2,1-3H3,(H,22,24). The minimum atomic E-state index is -0.251. The third-order valence-corrected chi connectivity index (χ3v) is 3.95. The molecular formula is C21H24N2O3. The van der Waals surface area contributed by atoms with Gasteiger partial charge in [-0.05, 0) is 37.1 Å². The van der Waals surface area contributed by atoms with Crippen LogP contribution in [0.3, 0.4) is 0 Å². The van der Waals surface area contributed by atoms with Crippen molar-refractivity contribution < 1.29 is 14.3 Å². The summed E-state index contributed by atoms with van der Waals surface area (Å²) in [6.45, 7) is 4.17. The number of allylic oxidation sites excluding steroid dienone is 1.